The molecule has 9 nitrogen and oxygen atoms in total. The average Bonchev–Trinajstić information content (AvgIpc) is 2.62. The molecule has 0 radical (unpaired) electrons. The van der Waals surface area contributed by atoms with E-state index in [1.807, 2.05) is 6.07 Å². The van der Waals surface area contributed by atoms with E-state index in [-0.39, 0.29) is 18.7 Å². The minimum Gasteiger partial charge on any atom is -0.454 e. The Morgan fingerprint density at radius 1 is 1.43 bits per heavy atom. The van der Waals surface area contributed by atoms with Crippen LogP contribution in [0, 0.1) is 21.4 Å². The predicted octanol–water partition coefficient (Wildman–Crippen LogP) is 2.33. The van der Waals surface area contributed by atoms with Gasteiger partial charge >= 0.3 is 12.1 Å². The summed E-state index contributed by atoms with van der Waals surface area (Å²) in [6.45, 7) is 0.813. The first-order valence-corrected chi connectivity index (χ1v) is 7.87. The minimum atomic E-state index is -4.76. The number of rotatable bonds is 8. The van der Waals surface area contributed by atoms with Crippen molar-refractivity contribution in [3.05, 3.63) is 33.9 Å². The monoisotopic (exact) mass is 402 g/mol. The van der Waals surface area contributed by atoms with Crippen LogP contribution in [0.25, 0.3) is 0 Å². The normalized spacial score (nSPS) is 11.9. The Balaban J connectivity index is 2.77. The van der Waals surface area contributed by atoms with Gasteiger partial charge in [-0.2, -0.15) is 18.4 Å². The number of nitrogens with one attached hydrogen (secondary N) is 1. The number of hydrogen-bond acceptors (Lipinski definition) is 7. The van der Waals surface area contributed by atoms with Gasteiger partial charge in [-0.25, -0.2) is 4.79 Å². The van der Waals surface area contributed by atoms with Gasteiger partial charge in [0.2, 0.25) is 0 Å². The van der Waals surface area contributed by atoms with Crippen LogP contribution in [0.2, 0.25) is 0 Å². The lowest BCUT2D eigenvalue weighted by molar-refractivity contribution is -0.384. The van der Waals surface area contributed by atoms with Crippen molar-refractivity contribution in [2.75, 3.05) is 25.5 Å². The van der Waals surface area contributed by atoms with E-state index >= 15 is 0 Å². The highest BCUT2D eigenvalue weighted by Crippen LogP contribution is 2.35. The Morgan fingerprint density at radius 3 is 2.61 bits per heavy atom. The lowest BCUT2D eigenvalue weighted by atomic mass is 10.1. The maximum atomic E-state index is 12.7. The number of nitro benzene ring substituents is 1. The summed E-state index contributed by atoms with van der Waals surface area (Å²) in [5.41, 5.74) is -2.37. The molecule has 0 saturated carbocycles. The summed E-state index contributed by atoms with van der Waals surface area (Å²) in [5, 5.41) is 21.9. The second kappa shape index (κ2) is 9.54. The van der Waals surface area contributed by atoms with Crippen LogP contribution >= 0.6 is 0 Å². The number of alkyl halides is 3. The first-order valence-electron chi connectivity index (χ1n) is 7.87. The Labute approximate surface area is 157 Å². The van der Waals surface area contributed by atoms with Crippen LogP contribution in [0.4, 0.5) is 24.5 Å². The highest BCUT2D eigenvalue weighted by molar-refractivity contribution is 5.84. The Hall–Kier alpha value is -3.36. The van der Waals surface area contributed by atoms with Gasteiger partial charge in [0.1, 0.15) is 11.7 Å². The molecule has 0 saturated heterocycles. The zero-order valence-corrected chi connectivity index (χ0v) is 14.9. The minimum absolute atomic E-state index is 0.103. The summed E-state index contributed by atoms with van der Waals surface area (Å²) in [4.78, 5) is 34.9. The summed E-state index contributed by atoms with van der Waals surface area (Å²) >= 11 is 0. The third-order valence-corrected chi connectivity index (χ3v) is 3.57. The Bertz CT molecular complexity index is 791. The summed E-state index contributed by atoms with van der Waals surface area (Å²) < 4.78 is 42.9. The van der Waals surface area contributed by atoms with E-state index in [1.165, 1.54) is 18.9 Å². The number of amides is 1. The molecule has 1 aromatic carbocycles. The Morgan fingerprint density at radius 2 is 2.07 bits per heavy atom. The summed E-state index contributed by atoms with van der Waals surface area (Å²) in [6, 6.07) is 2.51. The zero-order chi connectivity index (χ0) is 21.5. The van der Waals surface area contributed by atoms with E-state index in [9.17, 15) is 32.9 Å². The number of carbonyl (C=O) groups excluding carboxylic acids is 2. The number of benzene rings is 1. The van der Waals surface area contributed by atoms with Crippen LogP contribution in [-0.2, 0) is 20.5 Å². The van der Waals surface area contributed by atoms with Crippen molar-refractivity contribution in [3.8, 4) is 6.07 Å². The second-order valence-corrected chi connectivity index (χ2v) is 5.68. The molecular formula is C16H17F3N4O5. The van der Waals surface area contributed by atoms with Gasteiger partial charge in [0.05, 0.1) is 23.0 Å². The largest absolute Gasteiger partial charge is 0.454 e. The van der Waals surface area contributed by atoms with E-state index in [0.29, 0.717) is 12.1 Å². The van der Waals surface area contributed by atoms with Crippen molar-refractivity contribution < 1.29 is 32.4 Å². The van der Waals surface area contributed by atoms with E-state index in [2.05, 4.69) is 5.32 Å². The lowest BCUT2D eigenvalue weighted by Crippen LogP contribution is -2.35. The first-order chi connectivity index (χ1) is 13.0. The molecule has 0 aromatic heterocycles. The van der Waals surface area contributed by atoms with E-state index in [4.69, 9.17) is 10.00 Å². The predicted molar refractivity (Wildman–Crippen MR) is 90.0 cm³/mol. The summed E-state index contributed by atoms with van der Waals surface area (Å²) in [5.74, 6) is -1.49. The highest BCUT2D eigenvalue weighted by Gasteiger charge is 2.33. The molecule has 1 amide bonds. The average molecular weight is 402 g/mol. The number of esters is 1. The van der Waals surface area contributed by atoms with Gasteiger partial charge in [0, 0.05) is 19.7 Å². The molecule has 1 atom stereocenters. The number of nitro groups is 1. The number of nitriles is 1. The van der Waals surface area contributed by atoms with Crippen molar-refractivity contribution in [2.45, 2.75) is 25.6 Å². The fourth-order valence-electron chi connectivity index (χ4n) is 1.98. The SMILES string of the molecule is C[C@H](Nc1ccc(C(F)(F)F)cc1[N+](=O)[O-])C(=O)OCC(=O)N(C)CCC#N. The molecule has 1 N–H and O–H groups in total. The van der Waals surface area contributed by atoms with Gasteiger partial charge < -0.3 is 15.0 Å². The zero-order valence-electron chi connectivity index (χ0n) is 14.9. The molecule has 0 fully saturated rings. The third kappa shape index (κ3) is 6.42. The number of hydrogen-bond donors (Lipinski definition) is 1. The first kappa shape index (κ1) is 22.7. The fourth-order valence-corrected chi connectivity index (χ4v) is 1.98. The van der Waals surface area contributed by atoms with Crippen LogP contribution in [0.5, 0.6) is 0 Å². The van der Waals surface area contributed by atoms with Gasteiger partial charge in [0.15, 0.2) is 6.61 Å². The molecular weight excluding hydrogens is 385 g/mol. The molecule has 28 heavy (non-hydrogen) atoms. The van der Waals surface area contributed by atoms with Gasteiger partial charge in [-0.05, 0) is 19.1 Å². The third-order valence-electron chi connectivity index (χ3n) is 3.57. The number of halogens is 3. The molecule has 1 rings (SSSR count). The smallest absolute Gasteiger partial charge is 0.416 e. The number of carbonyl (C=O) groups is 2. The van der Waals surface area contributed by atoms with Gasteiger partial charge in [-0.15, -0.1) is 0 Å². The van der Waals surface area contributed by atoms with Crippen LogP contribution in [0.3, 0.4) is 0 Å². The molecule has 0 aliphatic heterocycles. The molecule has 12 heteroatoms. The van der Waals surface area contributed by atoms with Gasteiger partial charge in [-0.1, -0.05) is 0 Å². The summed E-state index contributed by atoms with van der Waals surface area (Å²) in [7, 11) is 1.42. The molecule has 0 spiro atoms. The maximum absolute atomic E-state index is 12.7. The van der Waals surface area contributed by atoms with Crippen molar-refractivity contribution in [3.63, 3.8) is 0 Å². The standard InChI is InChI=1S/C16H17F3N4O5/c1-10(15(25)28-9-14(24)22(2)7-3-6-20)21-12-5-4-11(16(17,18)19)8-13(12)23(26)27/h4-5,8,10,21H,3,7,9H2,1-2H3/t10-/m0/s1. The van der Waals surface area contributed by atoms with Crippen molar-refractivity contribution in [1.29, 1.82) is 5.26 Å². The highest BCUT2D eigenvalue weighted by atomic mass is 19.4. The van der Waals surface area contributed by atoms with Gasteiger partial charge in [0.25, 0.3) is 11.6 Å². The van der Waals surface area contributed by atoms with E-state index < -0.39 is 46.9 Å². The molecule has 1 aromatic rings. The molecule has 0 aliphatic rings. The van der Waals surface area contributed by atoms with Crippen LogP contribution in [0.15, 0.2) is 18.2 Å². The van der Waals surface area contributed by atoms with Crippen LogP contribution in [-0.4, -0.2) is 47.9 Å². The van der Waals surface area contributed by atoms with Crippen molar-refractivity contribution >= 4 is 23.3 Å². The number of anilines is 1. The molecule has 0 aliphatic carbocycles. The topological polar surface area (TPSA) is 126 Å². The molecule has 0 bridgehead atoms. The van der Waals surface area contributed by atoms with Crippen LogP contribution < -0.4 is 5.32 Å². The van der Waals surface area contributed by atoms with Crippen LogP contribution in [0.1, 0.15) is 18.9 Å². The fraction of sp³-hybridized carbons (Fsp3) is 0.438. The molecule has 152 valence electrons. The quantitative estimate of drug-likeness (QED) is 0.402. The van der Waals surface area contributed by atoms with Crippen molar-refractivity contribution in [1.82, 2.24) is 4.90 Å². The number of likely N-dealkylation sites (N-methyl/N-ethyl adjacent to an activating group) is 1. The Kier molecular flexibility index (Phi) is 7.73. The summed E-state index contributed by atoms with van der Waals surface area (Å²) in [6.07, 6.45) is -4.66. The lowest BCUT2D eigenvalue weighted by Gasteiger charge is -2.18. The molecule has 0 unspecified atom stereocenters. The second-order valence-electron chi connectivity index (χ2n) is 5.68. The molecule has 0 heterocycles. The van der Waals surface area contributed by atoms with Gasteiger partial charge in [-0.3, -0.25) is 14.9 Å². The van der Waals surface area contributed by atoms with E-state index in [0.717, 1.165) is 6.07 Å². The number of nitrogens with zero attached hydrogens (tertiary/aromatic N) is 3. The van der Waals surface area contributed by atoms with E-state index in [1.54, 1.807) is 0 Å². The maximum Gasteiger partial charge on any atom is 0.416 e. The van der Waals surface area contributed by atoms with Crippen molar-refractivity contribution in [2.24, 2.45) is 0 Å². The number of ether oxygens (including phenoxy) is 1.